The van der Waals surface area contributed by atoms with Crippen LogP contribution in [-0.2, 0) is 6.42 Å². The van der Waals surface area contributed by atoms with Gasteiger partial charge in [0.1, 0.15) is 15.5 Å². The molecule has 1 aliphatic heterocycles. The van der Waals surface area contributed by atoms with Gasteiger partial charge in [0.05, 0.1) is 11.7 Å². The summed E-state index contributed by atoms with van der Waals surface area (Å²) in [5.41, 5.74) is 13.1. The van der Waals surface area contributed by atoms with Gasteiger partial charge >= 0.3 is 0 Å². The SMILES string of the molecule is CCCc1cc(N2CCC(N=O)CC2)nc2sc(C(N)=O)c(N)c12. The molecule has 3 heterocycles. The number of aromatic nitrogens is 1. The molecule has 3 rings (SSSR count). The van der Waals surface area contributed by atoms with Crippen LogP contribution in [0.2, 0.25) is 0 Å². The van der Waals surface area contributed by atoms with E-state index in [9.17, 15) is 9.70 Å². The molecule has 1 aliphatic rings. The Morgan fingerprint density at radius 2 is 2.17 bits per heavy atom. The van der Waals surface area contributed by atoms with Crippen molar-refractivity contribution in [3.8, 4) is 0 Å². The minimum Gasteiger partial charge on any atom is -0.397 e. The Balaban J connectivity index is 2.04. The van der Waals surface area contributed by atoms with Gasteiger partial charge in [-0.25, -0.2) is 4.98 Å². The number of nitrogen functional groups attached to an aromatic ring is 1. The van der Waals surface area contributed by atoms with Crippen molar-refractivity contribution in [2.75, 3.05) is 23.7 Å². The number of carbonyl (C=O) groups is 1. The van der Waals surface area contributed by atoms with Crippen molar-refractivity contribution >= 4 is 39.0 Å². The summed E-state index contributed by atoms with van der Waals surface area (Å²) in [6.45, 7) is 3.61. The first-order chi connectivity index (χ1) is 11.5. The van der Waals surface area contributed by atoms with E-state index in [-0.39, 0.29) is 6.04 Å². The number of hydrogen-bond acceptors (Lipinski definition) is 7. The van der Waals surface area contributed by atoms with Gasteiger partial charge < -0.3 is 16.4 Å². The molecule has 1 fully saturated rings. The topological polar surface area (TPSA) is 115 Å². The highest BCUT2D eigenvalue weighted by molar-refractivity contribution is 7.21. The molecule has 2 aromatic rings. The highest BCUT2D eigenvalue weighted by atomic mass is 32.1. The number of hydrogen-bond donors (Lipinski definition) is 2. The molecule has 0 spiro atoms. The second-order valence-electron chi connectivity index (χ2n) is 6.10. The molecule has 0 atom stereocenters. The predicted molar refractivity (Wildman–Crippen MR) is 97.6 cm³/mol. The average Bonchev–Trinajstić information content (AvgIpc) is 2.92. The van der Waals surface area contributed by atoms with E-state index in [1.165, 1.54) is 11.3 Å². The number of anilines is 2. The summed E-state index contributed by atoms with van der Waals surface area (Å²) in [5, 5.41) is 3.99. The molecule has 8 heteroatoms. The Hall–Kier alpha value is -2.22. The number of primary amides is 1. The van der Waals surface area contributed by atoms with Crippen molar-refractivity contribution in [2.45, 2.75) is 38.6 Å². The van der Waals surface area contributed by atoms with Gasteiger partial charge in [-0.15, -0.1) is 11.3 Å². The first-order valence-electron chi connectivity index (χ1n) is 8.14. The van der Waals surface area contributed by atoms with Crippen LogP contribution in [0.3, 0.4) is 0 Å². The highest BCUT2D eigenvalue weighted by Gasteiger charge is 2.23. The zero-order chi connectivity index (χ0) is 17.3. The minimum absolute atomic E-state index is 0.0982. The van der Waals surface area contributed by atoms with Crippen LogP contribution in [0.4, 0.5) is 11.5 Å². The molecule has 0 aliphatic carbocycles. The smallest absolute Gasteiger partial charge is 0.260 e. The third kappa shape index (κ3) is 2.93. The van der Waals surface area contributed by atoms with E-state index in [1.54, 1.807) is 0 Å². The lowest BCUT2D eigenvalue weighted by Crippen LogP contribution is -2.35. The zero-order valence-electron chi connectivity index (χ0n) is 13.6. The molecule has 0 radical (unpaired) electrons. The van der Waals surface area contributed by atoms with Crippen LogP contribution in [-0.4, -0.2) is 30.0 Å². The maximum absolute atomic E-state index is 11.6. The Bertz CT molecular complexity index is 780. The molecule has 4 N–H and O–H groups in total. The number of amides is 1. The normalized spacial score (nSPS) is 15.8. The van der Waals surface area contributed by atoms with Gasteiger partial charge in [0, 0.05) is 18.5 Å². The van der Waals surface area contributed by atoms with Gasteiger partial charge in [-0.3, -0.25) is 4.79 Å². The molecule has 0 bridgehead atoms. The number of piperidine rings is 1. The third-order valence-electron chi connectivity index (χ3n) is 4.45. The van der Waals surface area contributed by atoms with E-state index >= 15 is 0 Å². The summed E-state index contributed by atoms with van der Waals surface area (Å²) >= 11 is 1.25. The number of nitrogens with two attached hydrogens (primary N) is 2. The zero-order valence-corrected chi connectivity index (χ0v) is 14.4. The van der Waals surface area contributed by atoms with Crippen molar-refractivity contribution in [2.24, 2.45) is 10.9 Å². The Morgan fingerprint density at radius 1 is 1.46 bits per heavy atom. The highest BCUT2D eigenvalue weighted by Crippen LogP contribution is 2.37. The van der Waals surface area contributed by atoms with E-state index in [2.05, 4.69) is 17.0 Å². The van der Waals surface area contributed by atoms with Crippen LogP contribution in [0.5, 0.6) is 0 Å². The monoisotopic (exact) mass is 347 g/mol. The van der Waals surface area contributed by atoms with E-state index in [0.717, 1.165) is 60.4 Å². The Labute approximate surface area is 144 Å². The molecule has 7 nitrogen and oxygen atoms in total. The van der Waals surface area contributed by atoms with Crippen molar-refractivity contribution < 1.29 is 4.79 Å². The van der Waals surface area contributed by atoms with Gasteiger partial charge in [-0.05, 0) is 30.9 Å². The number of nitrogens with zero attached hydrogens (tertiary/aromatic N) is 3. The molecule has 128 valence electrons. The number of aryl methyl sites for hydroxylation is 1. The van der Waals surface area contributed by atoms with Gasteiger partial charge in [-0.1, -0.05) is 18.5 Å². The van der Waals surface area contributed by atoms with Crippen molar-refractivity contribution in [3.05, 3.63) is 21.4 Å². The largest absolute Gasteiger partial charge is 0.397 e. The maximum atomic E-state index is 11.6. The number of nitroso groups, excluding NO2 is 1. The Morgan fingerprint density at radius 3 is 2.75 bits per heavy atom. The molecule has 0 saturated carbocycles. The quantitative estimate of drug-likeness (QED) is 0.807. The number of pyridine rings is 1. The summed E-state index contributed by atoms with van der Waals surface area (Å²) in [4.78, 5) is 30.3. The lowest BCUT2D eigenvalue weighted by atomic mass is 10.0. The standard InChI is InChI=1S/C16H21N5O2S/c1-2-3-9-8-11(21-6-4-10(20-23)5-7-21)19-16-12(9)13(17)14(24-16)15(18)22/h8,10H,2-7,17H2,1H3,(H2,18,22). The van der Waals surface area contributed by atoms with E-state index < -0.39 is 5.91 Å². The molecular formula is C16H21N5O2S. The van der Waals surface area contributed by atoms with Crippen LogP contribution >= 0.6 is 11.3 Å². The predicted octanol–water partition coefficient (Wildman–Crippen LogP) is 2.67. The van der Waals surface area contributed by atoms with Crippen LogP contribution in [0.15, 0.2) is 11.2 Å². The fourth-order valence-electron chi connectivity index (χ4n) is 3.20. The molecule has 24 heavy (non-hydrogen) atoms. The number of rotatable bonds is 5. The summed E-state index contributed by atoms with van der Waals surface area (Å²) in [6, 6.07) is 1.95. The number of thiophene rings is 1. The molecule has 0 unspecified atom stereocenters. The fourth-order valence-corrected chi connectivity index (χ4v) is 4.18. The molecule has 1 amide bonds. The van der Waals surface area contributed by atoms with Gasteiger partial charge in [-0.2, -0.15) is 4.91 Å². The van der Waals surface area contributed by atoms with E-state index in [0.29, 0.717) is 10.6 Å². The molecule has 0 aromatic carbocycles. The van der Waals surface area contributed by atoms with Gasteiger partial charge in [0.15, 0.2) is 0 Å². The Kier molecular flexibility index (Phi) is 4.66. The average molecular weight is 347 g/mol. The maximum Gasteiger partial charge on any atom is 0.260 e. The summed E-state index contributed by atoms with van der Waals surface area (Å²) in [7, 11) is 0. The minimum atomic E-state index is -0.516. The number of fused-ring (bicyclic) bond motifs is 1. The van der Waals surface area contributed by atoms with Crippen molar-refractivity contribution in [1.29, 1.82) is 0 Å². The van der Waals surface area contributed by atoms with Crippen LogP contribution < -0.4 is 16.4 Å². The molecule has 1 saturated heterocycles. The summed E-state index contributed by atoms with van der Waals surface area (Å²) in [5.74, 6) is 0.352. The van der Waals surface area contributed by atoms with Crippen LogP contribution in [0.25, 0.3) is 10.2 Å². The first-order valence-corrected chi connectivity index (χ1v) is 8.95. The van der Waals surface area contributed by atoms with E-state index in [4.69, 9.17) is 16.5 Å². The fraction of sp³-hybridized carbons (Fsp3) is 0.500. The summed E-state index contributed by atoms with van der Waals surface area (Å²) in [6.07, 6.45) is 3.31. The van der Waals surface area contributed by atoms with Gasteiger partial charge in [0.2, 0.25) is 0 Å². The van der Waals surface area contributed by atoms with Crippen molar-refractivity contribution in [1.82, 2.24) is 4.98 Å². The number of carbonyl (C=O) groups excluding carboxylic acids is 1. The first kappa shape index (κ1) is 16.6. The molecule has 2 aromatic heterocycles. The lowest BCUT2D eigenvalue weighted by Gasteiger charge is -2.30. The van der Waals surface area contributed by atoms with E-state index in [1.807, 2.05) is 6.07 Å². The van der Waals surface area contributed by atoms with Crippen molar-refractivity contribution in [3.63, 3.8) is 0 Å². The second-order valence-corrected chi connectivity index (χ2v) is 7.10. The van der Waals surface area contributed by atoms with Gasteiger partial charge in [0.25, 0.3) is 5.91 Å². The second kappa shape index (κ2) is 6.72. The third-order valence-corrected chi connectivity index (χ3v) is 5.56. The van der Waals surface area contributed by atoms with Crippen LogP contribution in [0, 0.1) is 4.91 Å². The molecular weight excluding hydrogens is 326 g/mol. The lowest BCUT2D eigenvalue weighted by molar-refractivity contribution is 0.100. The summed E-state index contributed by atoms with van der Waals surface area (Å²) < 4.78 is 0. The van der Waals surface area contributed by atoms with Crippen LogP contribution in [0.1, 0.15) is 41.4 Å².